The lowest BCUT2D eigenvalue weighted by Gasteiger charge is -2.09. The fraction of sp³-hybridized carbons (Fsp3) is 0.400. The highest BCUT2D eigenvalue weighted by atomic mass is 19.1. The summed E-state index contributed by atoms with van der Waals surface area (Å²) >= 11 is 0. The monoisotopic (exact) mass is 422 g/mol. The number of aryl methyl sites for hydroxylation is 2. The van der Waals surface area contributed by atoms with Crippen LogP contribution in [0.15, 0.2) is 66.7 Å². The van der Waals surface area contributed by atoms with Gasteiger partial charge in [0.15, 0.2) is 0 Å². The van der Waals surface area contributed by atoms with E-state index >= 15 is 0 Å². The van der Waals surface area contributed by atoms with Crippen molar-refractivity contribution in [3.8, 4) is 22.3 Å². The van der Waals surface area contributed by atoms with Crippen LogP contribution >= 0.6 is 0 Å². The van der Waals surface area contributed by atoms with Crippen molar-refractivity contribution in [2.24, 2.45) is 0 Å². The van der Waals surface area contributed by atoms with Crippen LogP contribution in [-0.4, -0.2) is 0 Å². The Morgan fingerprint density at radius 1 is 0.581 bits per heavy atom. The van der Waals surface area contributed by atoms with Gasteiger partial charge in [0.05, 0.1) is 0 Å². The summed E-state index contributed by atoms with van der Waals surface area (Å²) in [5, 5.41) is 0. The van der Waals surface area contributed by atoms with E-state index in [1.807, 2.05) is 65.8 Å². The third-order valence-electron chi connectivity index (χ3n) is 4.75. The lowest BCUT2D eigenvalue weighted by molar-refractivity contribution is 0.632. The van der Waals surface area contributed by atoms with Crippen LogP contribution in [0.5, 0.6) is 0 Å². The van der Waals surface area contributed by atoms with Crippen LogP contribution in [0.25, 0.3) is 22.3 Å². The molecular formula is C30H43F. The van der Waals surface area contributed by atoms with E-state index in [4.69, 9.17) is 0 Å². The summed E-state index contributed by atoms with van der Waals surface area (Å²) in [4.78, 5) is 0. The van der Waals surface area contributed by atoms with Gasteiger partial charge in [-0.3, -0.25) is 0 Å². The van der Waals surface area contributed by atoms with E-state index in [9.17, 15) is 4.39 Å². The van der Waals surface area contributed by atoms with Gasteiger partial charge in [-0.2, -0.15) is 0 Å². The average molecular weight is 423 g/mol. The summed E-state index contributed by atoms with van der Waals surface area (Å²) in [5.41, 5.74) is 6.19. The van der Waals surface area contributed by atoms with E-state index in [2.05, 4.69) is 50.2 Å². The highest BCUT2D eigenvalue weighted by molar-refractivity contribution is 5.71. The van der Waals surface area contributed by atoms with E-state index in [1.54, 1.807) is 6.07 Å². The van der Waals surface area contributed by atoms with Gasteiger partial charge < -0.3 is 0 Å². The summed E-state index contributed by atoms with van der Waals surface area (Å²) in [6.07, 6.45) is 4.49. The molecule has 0 atom stereocenters. The lowest BCUT2D eigenvalue weighted by Crippen LogP contribution is -1.89. The smallest absolute Gasteiger partial charge is 0.131 e. The Kier molecular flexibility index (Phi) is 15.9. The second-order valence-corrected chi connectivity index (χ2v) is 6.55. The molecule has 0 saturated heterocycles. The van der Waals surface area contributed by atoms with Gasteiger partial charge in [-0.25, -0.2) is 4.39 Å². The molecule has 0 N–H and O–H groups in total. The van der Waals surface area contributed by atoms with E-state index < -0.39 is 0 Å². The molecule has 0 unspecified atom stereocenters. The second kappa shape index (κ2) is 17.3. The number of halogens is 1. The van der Waals surface area contributed by atoms with Gasteiger partial charge in [0, 0.05) is 5.56 Å². The summed E-state index contributed by atoms with van der Waals surface area (Å²) in [6, 6.07) is 22.2. The van der Waals surface area contributed by atoms with Crippen molar-refractivity contribution < 1.29 is 4.39 Å². The van der Waals surface area contributed by atoms with Crippen molar-refractivity contribution in [2.75, 3.05) is 0 Å². The minimum atomic E-state index is -0.168. The van der Waals surface area contributed by atoms with Crippen molar-refractivity contribution in [1.82, 2.24) is 0 Å². The van der Waals surface area contributed by atoms with Crippen LogP contribution < -0.4 is 0 Å². The molecular weight excluding hydrogens is 379 g/mol. The van der Waals surface area contributed by atoms with Crippen LogP contribution in [0, 0.1) is 5.82 Å². The quantitative estimate of drug-likeness (QED) is 0.370. The Bertz CT molecular complexity index is 814. The van der Waals surface area contributed by atoms with Gasteiger partial charge in [0.1, 0.15) is 5.82 Å². The zero-order valence-electron chi connectivity index (χ0n) is 21.1. The van der Waals surface area contributed by atoms with E-state index in [0.29, 0.717) is 5.56 Å². The van der Waals surface area contributed by atoms with Gasteiger partial charge in [-0.15, -0.1) is 0 Å². The molecule has 0 aliphatic heterocycles. The fourth-order valence-electron chi connectivity index (χ4n) is 3.09. The minimum Gasteiger partial charge on any atom is -0.206 e. The standard InChI is InChI=1S/C24H25F.3C2H6/c1-3-5-6-19-9-13-21(14-10-19)23-16-15-22(17-24(23)25)20-11-7-18(4-2)8-12-20;3*1-2/h7-17H,3-6H2,1-2H3;3*1-2H3. The highest BCUT2D eigenvalue weighted by Gasteiger charge is 2.08. The Balaban J connectivity index is 0.00000138. The van der Waals surface area contributed by atoms with Crippen molar-refractivity contribution in [1.29, 1.82) is 0 Å². The molecule has 0 spiro atoms. The fourth-order valence-corrected chi connectivity index (χ4v) is 3.09. The highest BCUT2D eigenvalue weighted by Crippen LogP contribution is 2.28. The van der Waals surface area contributed by atoms with Gasteiger partial charge in [-0.05, 0) is 53.1 Å². The van der Waals surface area contributed by atoms with Crippen LogP contribution in [0.2, 0.25) is 0 Å². The number of hydrogen-bond acceptors (Lipinski definition) is 0. The third-order valence-corrected chi connectivity index (χ3v) is 4.75. The summed E-state index contributed by atoms with van der Waals surface area (Å²) < 4.78 is 14.7. The van der Waals surface area contributed by atoms with Crippen molar-refractivity contribution in [3.63, 3.8) is 0 Å². The van der Waals surface area contributed by atoms with Gasteiger partial charge in [0.25, 0.3) is 0 Å². The number of rotatable bonds is 6. The van der Waals surface area contributed by atoms with Crippen molar-refractivity contribution in [3.05, 3.63) is 83.7 Å². The number of benzene rings is 3. The Labute approximate surface area is 191 Å². The first-order valence-corrected chi connectivity index (χ1v) is 12.2. The molecule has 170 valence electrons. The maximum absolute atomic E-state index is 14.7. The van der Waals surface area contributed by atoms with Crippen LogP contribution in [-0.2, 0) is 12.8 Å². The van der Waals surface area contributed by atoms with Crippen LogP contribution in [0.4, 0.5) is 4.39 Å². The molecule has 0 aliphatic rings. The molecule has 1 heteroatoms. The maximum Gasteiger partial charge on any atom is 0.131 e. The first-order valence-electron chi connectivity index (χ1n) is 12.2. The molecule has 31 heavy (non-hydrogen) atoms. The van der Waals surface area contributed by atoms with Gasteiger partial charge in [-0.1, -0.05) is 122 Å². The molecule has 0 aromatic heterocycles. The first-order chi connectivity index (χ1) is 15.2. The maximum atomic E-state index is 14.7. The van der Waals surface area contributed by atoms with Crippen molar-refractivity contribution in [2.45, 2.75) is 81.1 Å². The Morgan fingerprint density at radius 2 is 1.06 bits per heavy atom. The molecule has 0 radical (unpaired) electrons. The molecule has 0 amide bonds. The Morgan fingerprint density at radius 3 is 1.55 bits per heavy atom. The second-order valence-electron chi connectivity index (χ2n) is 6.55. The molecule has 3 aromatic rings. The predicted octanol–water partition coefficient (Wildman–Crippen LogP) is 10.1. The largest absolute Gasteiger partial charge is 0.206 e. The zero-order valence-corrected chi connectivity index (χ0v) is 21.1. The molecule has 3 aromatic carbocycles. The molecule has 0 nitrogen and oxygen atoms in total. The van der Waals surface area contributed by atoms with E-state index in [-0.39, 0.29) is 5.82 Å². The Hall–Kier alpha value is -2.41. The predicted molar refractivity (Wildman–Crippen MR) is 139 cm³/mol. The molecule has 0 bridgehead atoms. The van der Waals surface area contributed by atoms with Crippen molar-refractivity contribution >= 4 is 0 Å². The molecule has 0 fully saturated rings. The zero-order chi connectivity index (χ0) is 23.6. The summed E-state index contributed by atoms with van der Waals surface area (Å²) in [5.74, 6) is -0.168. The van der Waals surface area contributed by atoms with E-state index in [0.717, 1.165) is 29.5 Å². The topological polar surface area (TPSA) is 0 Å². The average Bonchev–Trinajstić information content (AvgIpc) is 2.87. The van der Waals surface area contributed by atoms with Gasteiger partial charge >= 0.3 is 0 Å². The third kappa shape index (κ3) is 9.09. The molecule has 0 heterocycles. The molecule has 0 saturated carbocycles. The van der Waals surface area contributed by atoms with E-state index in [1.165, 1.54) is 24.0 Å². The summed E-state index contributed by atoms with van der Waals surface area (Å²) in [7, 11) is 0. The summed E-state index contributed by atoms with van der Waals surface area (Å²) in [6.45, 7) is 16.3. The van der Waals surface area contributed by atoms with Crippen LogP contribution in [0.3, 0.4) is 0 Å². The minimum absolute atomic E-state index is 0.168. The molecule has 0 aliphatic carbocycles. The van der Waals surface area contributed by atoms with Crippen LogP contribution in [0.1, 0.15) is 79.4 Å². The van der Waals surface area contributed by atoms with Gasteiger partial charge in [0.2, 0.25) is 0 Å². The molecule has 3 rings (SSSR count). The number of unbranched alkanes of at least 4 members (excludes halogenated alkanes) is 1. The normalized spacial score (nSPS) is 9.32. The number of hydrogen-bond donors (Lipinski definition) is 0. The SMILES string of the molecule is CC.CC.CC.CCCCc1ccc(-c2ccc(-c3ccc(CC)cc3)cc2F)cc1. The first kappa shape index (κ1) is 28.6. The lowest BCUT2D eigenvalue weighted by atomic mass is 9.97.